The second kappa shape index (κ2) is 4.42. The topological polar surface area (TPSA) is 63.3 Å². The van der Waals surface area contributed by atoms with Crippen molar-refractivity contribution in [2.45, 2.75) is 6.54 Å². The van der Waals surface area contributed by atoms with Crippen molar-refractivity contribution in [2.24, 2.45) is 5.73 Å². The van der Waals surface area contributed by atoms with E-state index in [4.69, 9.17) is 10.8 Å². The van der Waals surface area contributed by atoms with Crippen molar-refractivity contribution >= 4 is 12.0 Å². The third kappa shape index (κ3) is 3.09. The van der Waals surface area contributed by atoms with Crippen molar-refractivity contribution in [3.05, 3.63) is 41.5 Å². The number of hydrogen-bond donors (Lipinski definition) is 2. The van der Waals surface area contributed by atoms with Crippen molar-refractivity contribution in [3.63, 3.8) is 0 Å². The first-order chi connectivity index (χ1) is 6.22. The van der Waals surface area contributed by atoms with Crippen molar-refractivity contribution in [1.29, 1.82) is 0 Å². The number of hydrogen-bond acceptors (Lipinski definition) is 2. The Hall–Kier alpha value is -1.61. The molecular weight excluding hydrogens is 166 g/mol. The van der Waals surface area contributed by atoms with E-state index in [1.165, 1.54) is 0 Å². The van der Waals surface area contributed by atoms with Crippen LogP contribution in [0, 0.1) is 0 Å². The minimum Gasteiger partial charge on any atom is -0.478 e. The molecule has 0 aliphatic rings. The summed E-state index contributed by atoms with van der Waals surface area (Å²) in [4.78, 5) is 10.2. The molecule has 68 valence electrons. The number of carboxylic acids is 1. The summed E-state index contributed by atoms with van der Waals surface area (Å²) in [5.41, 5.74) is 7.31. The van der Waals surface area contributed by atoms with Crippen LogP contribution in [0.4, 0.5) is 0 Å². The molecule has 0 heterocycles. The van der Waals surface area contributed by atoms with E-state index < -0.39 is 5.97 Å². The molecule has 0 radical (unpaired) electrons. The van der Waals surface area contributed by atoms with Gasteiger partial charge in [0.15, 0.2) is 0 Å². The maximum Gasteiger partial charge on any atom is 0.328 e. The molecule has 3 nitrogen and oxygen atoms in total. The van der Waals surface area contributed by atoms with Gasteiger partial charge in [-0.1, -0.05) is 24.3 Å². The van der Waals surface area contributed by atoms with E-state index in [0.29, 0.717) is 6.54 Å². The summed E-state index contributed by atoms with van der Waals surface area (Å²) in [6.45, 7) is 0.503. The van der Waals surface area contributed by atoms with Gasteiger partial charge in [0.25, 0.3) is 0 Å². The molecule has 0 aliphatic carbocycles. The zero-order valence-electron chi connectivity index (χ0n) is 7.10. The normalized spacial score (nSPS) is 10.5. The minimum atomic E-state index is -0.942. The Bertz CT molecular complexity index is 314. The molecule has 0 bridgehead atoms. The molecule has 0 aliphatic heterocycles. The van der Waals surface area contributed by atoms with Crippen molar-refractivity contribution < 1.29 is 9.90 Å². The zero-order valence-corrected chi connectivity index (χ0v) is 7.10. The third-order valence-electron chi connectivity index (χ3n) is 1.63. The average Bonchev–Trinajstić information content (AvgIpc) is 2.15. The van der Waals surface area contributed by atoms with Gasteiger partial charge < -0.3 is 10.8 Å². The number of benzene rings is 1. The van der Waals surface area contributed by atoms with Crippen LogP contribution in [0.15, 0.2) is 30.3 Å². The number of carbonyl (C=O) groups is 1. The number of rotatable bonds is 3. The summed E-state index contributed by atoms with van der Waals surface area (Å²) in [5, 5.41) is 8.37. The lowest BCUT2D eigenvalue weighted by molar-refractivity contribution is -0.131. The van der Waals surface area contributed by atoms with Crippen LogP contribution in [0.5, 0.6) is 0 Å². The van der Waals surface area contributed by atoms with Crippen LogP contribution in [-0.2, 0) is 11.3 Å². The Morgan fingerprint density at radius 3 is 2.46 bits per heavy atom. The fraction of sp³-hybridized carbons (Fsp3) is 0.100. The van der Waals surface area contributed by atoms with Gasteiger partial charge in [0, 0.05) is 12.6 Å². The van der Waals surface area contributed by atoms with Gasteiger partial charge >= 0.3 is 5.97 Å². The van der Waals surface area contributed by atoms with E-state index in [-0.39, 0.29) is 0 Å². The number of nitrogens with two attached hydrogens (primary N) is 1. The van der Waals surface area contributed by atoms with Crippen LogP contribution in [0.25, 0.3) is 6.08 Å². The van der Waals surface area contributed by atoms with Gasteiger partial charge in [-0.25, -0.2) is 4.79 Å². The van der Waals surface area contributed by atoms with Crippen LogP contribution >= 0.6 is 0 Å². The lowest BCUT2D eigenvalue weighted by atomic mass is 10.1. The Kier molecular flexibility index (Phi) is 3.23. The monoisotopic (exact) mass is 177 g/mol. The molecule has 0 saturated carbocycles. The quantitative estimate of drug-likeness (QED) is 0.683. The second-order valence-corrected chi connectivity index (χ2v) is 2.62. The molecule has 13 heavy (non-hydrogen) atoms. The second-order valence-electron chi connectivity index (χ2n) is 2.62. The predicted octanol–water partition coefficient (Wildman–Crippen LogP) is 1.24. The van der Waals surface area contributed by atoms with Gasteiger partial charge in [0.2, 0.25) is 0 Å². The fourth-order valence-corrected chi connectivity index (χ4v) is 0.932. The third-order valence-corrected chi connectivity index (χ3v) is 1.63. The summed E-state index contributed by atoms with van der Waals surface area (Å²) in [5.74, 6) is -0.942. The Morgan fingerprint density at radius 2 is 2.00 bits per heavy atom. The first-order valence-electron chi connectivity index (χ1n) is 3.92. The number of aliphatic carboxylic acids is 1. The van der Waals surface area contributed by atoms with E-state index in [9.17, 15) is 4.79 Å². The average molecular weight is 177 g/mol. The van der Waals surface area contributed by atoms with E-state index >= 15 is 0 Å². The molecule has 0 unspecified atom stereocenters. The molecule has 1 aromatic carbocycles. The van der Waals surface area contributed by atoms with Gasteiger partial charge in [0.1, 0.15) is 0 Å². The Morgan fingerprint density at radius 1 is 1.38 bits per heavy atom. The minimum absolute atomic E-state index is 0.503. The molecule has 1 rings (SSSR count). The van der Waals surface area contributed by atoms with E-state index in [1.54, 1.807) is 6.08 Å². The summed E-state index contributed by atoms with van der Waals surface area (Å²) < 4.78 is 0. The lowest BCUT2D eigenvalue weighted by Gasteiger charge is -1.96. The Labute approximate surface area is 76.5 Å². The van der Waals surface area contributed by atoms with E-state index in [2.05, 4.69) is 0 Å². The lowest BCUT2D eigenvalue weighted by Crippen LogP contribution is -1.95. The highest BCUT2D eigenvalue weighted by atomic mass is 16.4. The first kappa shape index (κ1) is 9.48. The largest absolute Gasteiger partial charge is 0.478 e. The maximum absolute atomic E-state index is 10.2. The van der Waals surface area contributed by atoms with Gasteiger partial charge in [-0.15, -0.1) is 0 Å². The Balaban J connectivity index is 2.75. The van der Waals surface area contributed by atoms with Crippen LogP contribution < -0.4 is 5.73 Å². The van der Waals surface area contributed by atoms with Gasteiger partial charge in [0.05, 0.1) is 0 Å². The van der Waals surface area contributed by atoms with Gasteiger partial charge in [-0.3, -0.25) is 0 Å². The highest BCUT2D eigenvalue weighted by molar-refractivity contribution is 5.85. The molecule has 0 fully saturated rings. The summed E-state index contributed by atoms with van der Waals surface area (Å²) in [7, 11) is 0. The summed E-state index contributed by atoms with van der Waals surface area (Å²) >= 11 is 0. The van der Waals surface area contributed by atoms with Crippen LogP contribution in [0.2, 0.25) is 0 Å². The number of carboxylic acid groups (broad SMARTS) is 1. The molecule has 0 spiro atoms. The molecule has 1 aromatic rings. The smallest absolute Gasteiger partial charge is 0.328 e. The molecule has 0 atom stereocenters. The standard InChI is InChI=1S/C10H11NO2/c11-7-9-3-1-8(2-4-9)5-6-10(12)13/h1-6H,7,11H2,(H,12,13)/b6-5-. The van der Waals surface area contributed by atoms with Crippen molar-refractivity contribution in [2.75, 3.05) is 0 Å². The maximum atomic E-state index is 10.2. The van der Waals surface area contributed by atoms with Gasteiger partial charge in [-0.05, 0) is 17.2 Å². The van der Waals surface area contributed by atoms with Crippen LogP contribution in [0.1, 0.15) is 11.1 Å². The van der Waals surface area contributed by atoms with Gasteiger partial charge in [-0.2, -0.15) is 0 Å². The molecule has 3 heteroatoms. The van der Waals surface area contributed by atoms with Crippen LogP contribution in [-0.4, -0.2) is 11.1 Å². The molecule has 0 amide bonds. The molecular formula is C10H11NO2. The predicted molar refractivity (Wildman–Crippen MR) is 51.0 cm³/mol. The van der Waals surface area contributed by atoms with E-state index in [0.717, 1.165) is 17.2 Å². The summed E-state index contributed by atoms with van der Waals surface area (Å²) in [6, 6.07) is 7.42. The van der Waals surface area contributed by atoms with E-state index in [1.807, 2.05) is 24.3 Å². The first-order valence-corrected chi connectivity index (χ1v) is 3.92. The molecule has 0 aromatic heterocycles. The fourth-order valence-electron chi connectivity index (χ4n) is 0.932. The highest BCUT2D eigenvalue weighted by Gasteiger charge is 1.90. The summed E-state index contributed by atoms with van der Waals surface area (Å²) in [6.07, 6.45) is 2.65. The SMILES string of the molecule is NCc1ccc(/C=C\C(=O)O)cc1. The van der Waals surface area contributed by atoms with Crippen LogP contribution in [0.3, 0.4) is 0 Å². The zero-order chi connectivity index (χ0) is 9.68. The molecule has 0 saturated heterocycles. The highest BCUT2D eigenvalue weighted by Crippen LogP contribution is 2.05. The van der Waals surface area contributed by atoms with Crippen molar-refractivity contribution in [1.82, 2.24) is 0 Å². The van der Waals surface area contributed by atoms with Crippen molar-refractivity contribution in [3.8, 4) is 0 Å². The molecule has 3 N–H and O–H groups in total.